The van der Waals surface area contributed by atoms with Gasteiger partial charge in [-0.25, -0.2) is 0 Å². The summed E-state index contributed by atoms with van der Waals surface area (Å²) in [5, 5.41) is 0. The van der Waals surface area contributed by atoms with Crippen molar-refractivity contribution in [2.24, 2.45) is 11.7 Å². The predicted molar refractivity (Wildman–Crippen MR) is 99.4 cm³/mol. The van der Waals surface area contributed by atoms with Crippen LogP contribution in [0.4, 0.5) is 5.69 Å². The molecule has 1 aromatic rings. The van der Waals surface area contributed by atoms with Crippen LogP contribution in [-0.2, 0) is 9.59 Å². The Hall–Kier alpha value is -1.88. The van der Waals surface area contributed by atoms with Gasteiger partial charge in [-0.3, -0.25) is 9.59 Å². The van der Waals surface area contributed by atoms with E-state index in [1.807, 2.05) is 28.0 Å². The van der Waals surface area contributed by atoms with E-state index in [0.717, 1.165) is 31.5 Å². The second-order valence-electron chi connectivity index (χ2n) is 7.34. The number of hydrogen-bond acceptors (Lipinski definition) is 3. The number of hydrogen-bond donors (Lipinski definition) is 1. The van der Waals surface area contributed by atoms with Gasteiger partial charge in [0.1, 0.15) is 0 Å². The largest absolute Gasteiger partial charge is 0.338 e. The molecule has 3 atom stereocenters. The Morgan fingerprint density at radius 1 is 1.36 bits per heavy atom. The predicted octanol–water partition coefficient (Wildman–Crippen LogP) is 2.50. The molecule has 0 bridgehead atoms. The highest BCUT2D eigenvalue weighted by atomic mass is 16.2. The topological polar surface area (TPSA) is 66.6 Å². The van der Waals surface area contributed by atoms with E-state index in [4.69, 9.17) is 5.73 Å². The molecule has 2 N–H and O–H groups in total. The number of rotatable bonds is 5. The van der Waals surface area contributed by atoms with Crippen LogP contribution < -0.4 is 10.6 Å². The molecule has 0 saturated carbocycles. The third-order valence-corrected chi connectivity index (χ3v) is 5.78. The van der Waals surface area contributed by atoms with E-state index in [1.54, 1.807) is 0 Å². The van der Waals surface area contributed by atoms with E-state index < -0.39 is 0 Å². The lowest BCUT2D eigenvalue weighted by molar-refractivity contribution is -0.136. The minimum Gasteiger partial charge on any atom is -0.338 e. The first kappa shape index (κ1) is 17.9. The number of para-hydroxylation sites is 1. The van der Waals surface area contributed by atoms with Crippen LogP contribution in [0.3, 0.4) is 0 Å². The summed E-state index contributed by atoms with van der Waals surface area (Å²) in [5.74, 6) is 0.297. The standard InChI is InChI=1S/C20H29N3O2/c1-3-14(2)17-8-4-5-9-18(17)23-13-15(11-19(23)24)20(25)22-10-6-7-16(22)12-21/h4-5,8-9,14-16H,3,6-7,10-13,21H2,1-2H3. The maximum absolute atomic E-state index is 12.9. The van der Waals surface area contributed by atoms with Crippen molar-refractivity contribution in [2.45, 2.75) is 51.5 Å². The van der Waals surface area contributed by atoms with Gasteiger partial charge in [0.2, 0.25) is 11.8 Å². The summed E-state index contributed by atoms with van der Waals surface area (Å²) in [6.45, 7) is 6.10. The Labute approximate surface area is 150 Å². The average Bonchev–Trinajstić information content (AvgIpc) is 3.26. The molecule has 5 nitrogen and oxygen atoms in total. The highest BCUT2D eigenvalue weighted by Crippen LogP contribution is 2.34. The van der Waals surface area contributed by atoms with E-state index in [1.165, 1.54) is 5.56 Å². The van der Waals surface area contributed by atoms with Crippen LogP contribution in [0.15, 0.2) is 24.3 Å². The summed E-state index contributed by atoms with van der Waals surface area (Å²) in [7, 11) is 0. The quantitative estimate of drug-likeness (QED) is 0.893. The number of carbonyl (C=O) groups is 2. The van der Waals surface area contributed by atoms with Gasteiger partial charge in [0.25, 0.3) is 0 Å². The van der Waals surface area contributed by atoms with Gasteiger partial charge >= 0.3 is 0 Å². The summed E-state index contributed by atoms with van der Waals surface area (Å²) in [6, 6.07) is 8.23. The van der Waals surface area contributed by atoms with Gasteiger partial charge in [0.05, 0.1) is 5.92 Å². The van der Waals surface area contributed by atoms with Crippen LogP contribution in [0.25, 0.3) is 0 Å². The fourth-order valence-corrected chi connectivity index (χ4v) is 4.08. The van der Waals surface area contributed by atoms with Crippen LogP contribution in [0.5, 0.6) is 0 Å². The van der Waals surface area contributed by atoms with E-state index in [0.29, 0.717) is 25.4 Å². The van der Waals surface area contributed by atoms with Crippen molar-refractivity contribution in [3.63, 3.8) is 0 Å². The number of nitrogens with zero attached hydrogens (tertiary/aromatic N) is 2. The van der Waals surface area contributed by atoms with E-state index >= 15 is 0 Å². The molecule has 0 aromatic heterocycles. The van der Waals surface area contributed by atoms with Crippen molar-refractivity contribution >= 4 is 17.5 Å². The van der Waals surface area contributed by atoms with Gasteiger partial charge in [0, 0.05) is 37.8 Å². The molecule has 2 aliphatic heterocycles. The lowest BCUT2D eigenvalue weighted by Crippen LogP contribution is -2.43. The molecule has 136 valence electrons. The van der Waals surface area contributed by atoms with Crippen LogP contribution >= 0.6 is 0 Å². The molecule has 25 heavy (non-hydrogen) atoms. The Kier molecular flexibility index (Phi) is 5.42. The van der Waals surface area contributed by atoms with Crippen molar-refractivity contribution in [3.8, 4) is 0 Å². The normalized spacial score (nSPS) is 24.8. The number of nitrogens with two attached hydrogens (primary N) is 1. The molecule has 5 heteroatoms. The smallest absolute Gasteiger partial charge is 0.228 e. The molecular formula is C20H29N3O2. The minimum atomic E-state index is -0.246. The molecule has 2 saturated heterocycles. The summed E-state index contributed by atoms with van der Waals surface area (Å²) >= 11 is 0. The zero-order chi connectivity index (χ0) is 18.0. The Morgan fingerprint density at radius 2 is 2.12 bits per heavy atom. The van der Waals surface area contributed by atoms with Crippen molar-refractivity contribution in [2.75, 3.05) is 24.5 Å². The molecule has 0 radical (unpaired) electrons. The van der Waals surface area contributed by atoms with Crippen molar-refractivity contribution in [1.29, 1.82) is 0 Å². The molecule has 3 rings (SSSR count). The first-order chi connectivity index (χ1) is 12.1. The zero-order valence-corrected chi connectivity index (χ0v) is 15.3. The van der Waals surface area contributed by atoms with Gasteiger partial charge in [0.15, 0.2) is 0 Å². The van der Waals surface area contributed by atoms with E-state index in [-0.39, 0.29) is 23.8 Å². The van der Waals surface area contributed by atoms with Crippen LogP contribution in [0.2, 0.25) is 0 Å². The first-order valence-corrected chi connectivity index (χ1v) is 9.46. The van der Waals surface area contributed by atoms with E-state index in [9.17, 15) is 9.59 Å². The summed E-state index contributed by atoms with van der Waals surface area (Å²) in [4.78, 5) is 29.3. The maximum Gasteiger partial charge on any atom is 0.228 e. The highest BCUT2D eigenvalue weighted by molar-refractivity contribution is 6.01. The average molecular weight is 343 g/mol. The third kappa shape index (κ3) is 3.43. The zero-order valence-electron chi connectivity index (χ0n) is 15.3. The fourth-order valence-electron chi connectivity index (χ4n) is 4.08. The Morgan fingerprint density at radius 3 is 2.84 bits per heavy atom. The second kappa shape index (κ2) is 7.56. The summed E-state index contributed by atoms with van der Waals surface area (Å²) in [5.41, 5.74) is 7.96. The summed E-state index contributed by atoms with van der Waals surface area (Å²) in [6.07, 6.45) is 3.31. The van der Waals surface area contributed by atoms with Gasteiger partial charge in [-0.2, -0.15) is 0 Å². The first-order valence-electron chi connectivity index (χ1n) is 9.46. The third-order valence-electron chi connectivity index (χ3n) is 5.78. The van der Waals surface area contributed by atoms with Crippen LogP contribution in [-0.4, -0.2) is 42.4 Å². The molecule has 3 unspecified atom stereocenters. The van der Waals surface area contributed by atoms with Gasteiger partial charge in [-0.05, 0) is 36.8 Å². The monoisotopic (exact) mass is 343 g/mol. The molecule has 2 aliphatic rings. The lowest BCUT2D eigenvalue weighted by atomic mass is 9.96. The SMILES string of the molecule is CCC(C)c1ccccc1N1CC(C(=O)N2CCCC2CN)CC1=O. The molecule has 2 amide bonds. The van der Waals surface area contributed by atoms with Crippen LogP contribution in [0.1, 0.15) is 51.0 Å². The maximum atomic E-state index is 12.9. The highest BCUT2D eigenvalue weighted by Gasteiger charge is 2.40. The molecule has 2 fully saturated rings. The van der Waals surface area contributed by atoms with Gasteiger partial charge in [-0.15, -0.1) is 0 Å². The number of anilines is 1. The summed E-state index contributed by atoms with van der Waals surface area (Å²) < 4.78 is 0. The van der Waals surface area contributed by atoms with Gasteiger partial charge in [-0.1, -0.05) is 32.0 Å². The molecule has 1 aromatic carbocycles. The number of carbonyl (C=O) groups excluding carboxylic acids is 2. The van der Waals surface area contributed by atoms with Crippen molar-refractivity contribution in [3.05, 3.63) is 29.8 Å². The number of amides is 2. The second-order valence-corrected chi connectivity index (χ2v) is 7.34. The minimum absolute atomic E-state index is 0.0533. The number of benzene rings is 1. The van der Waals surface area contributed by atoms with Gasteiger partial charge < -0.3 is 15.5 Å². The molecule has 0 spiro atoms. The van der Waals surface area contributed by atoms with Crippen molar-refractivity contribution in [1.82, 2.24) is 4.90 Å². The molecular weight excluding hydrogens is 314 g/mol. The van der Waals surface area contributed by atoms with Crippen molar-refractivity contribution < 1.29 is 9.59 Å². The van der Waals surface area contributed by atoms with E-state index in [2.05, 4.69) is 19.9 Å². The lowest BCUT2D eigenvalue weighted by Gasteiger charge is -2.27. The van der Waals surface area contributed by atoms with Crippen LogP contribution in [0, 0.1) is 5.92 Å². The molecule has 2 heterocycles. The fraction of sp³-hybridized carbons (Fsp3) is 0.600. The number of likely N-dealkylation sites (tertiary alicyclic amines) is 1. The Bertz CT molecular complexity index is 646. The Balaban J connectivity index is 1.78. The molecule has 0 aliphatic carbocycles.